The molecule has 0 saturated carbocycles. The van der Waals surface area contributed by atoms with Gasteiger partial charge in [0.15, 0.2) is 0 Å². The summed E-state index contributed by atoms with van der Waals surface area (Å²) in [5.41, 5.74) is -0.0617. The highest BCUT2D eigenvalue weighted by atomic mass is 35.5. The lowest BCUT2D eigenvalue weighted by molar-refractivity contribution is -0.147. The van der Waals surface area contributed by atoms with E-state index in [0.717, 1.165) is 5.56 Å². The average Bonchev–Trinajstić information content (AvgIpc) is 3.20. The lowest BCUT2D eigenvalue weighted by Gasteiger charge is -2.25. The van der Waals surface area contributed by atoms with Crippen LogP contribution in [-0.2, 0) is 11.8 Å². The number of likely N-dealkylation sites (tertiary alicyclic amines) is 1. The van der Waals surface area contributed by atoms with E-state index in [9.17, 15) is 14.7 Å². The zero-order chi connectivity index (χ0) is 18.9. The SMILES string of the molecule is Cn1ccnc1C(NC(=O)N1CCC(C)(C(=O)O)C1)c1ccc(Cl)cc1. The lowest BCUT2D eigenvalue weighted by atomic mass is 9.90. The van der Waals surface area contributed by atoms with E-state index in [1.165, 1.54) is 0 Å². The molecule has 8 heteroatoms. The molecule has 0 aliphatic carbocycles. The zero-order valence-corrected chi connectivity index (χ0v) is 15.4. The monoisotopic (exact) mass is 376 g/mol. The van der Waals surface area contributed by atoms with Gasteiger partial charge in [-0.05, 0) is 31.0 Å². The van der Waals surface area contributed by atoms with Crippen molar-refractivity contribution < 1.29 is 14.7 Å². The van der Waals surface area contributed by atoms with Gasteiger partial charge in [-0.15, -0.1) is 0 Å². The number of rotatable bonds is 4. The minimum absolute atomic E-state index is 0.183. The highest BCUT2D eigenvalue weighted by Gasteiger charge is 2.42. The fraction of sp³-hybridized carbons (Fsp3) is 0.389. The molecule has 2 atom stereocenters. The van der Waals surface area contributed by atoms with Crippen LogP contribution in [0.4, 0.5) is 4.79 Å². The number of carboxylic acid groups (broad SMARTS) is 1. The predicted octanol–water partition coefficient (Wildman–Crippen LogP) is 2.67. The van der Waals surface area contributed by atoms with Crippen LogP contribution in [0, 0.1) is 5.41 Å². The second-order valence-corrected chi connectivity index (χ2v) is 7.30. The number of benzene rings is 1. The normalized spacial score (nSPS) is 20.8. The molecule has 3 rings (SSSR count). The van der Waals surface area contributed by atoms with Crippen molar-refractivity contribution >= 4 is 23.6 Å². The molecule has 2 heterocycles. The van der Waals surface area contributed by atoms with Crippen molar-refractivity contribution in [3.8, 4) is 0 Å². The van der Waals surface area contributed by atoms with Crippen molar-refractivity contribution in [2.75, 3.05) is 13.1 Å². The third-order valence-electron chi connectivity index (χ3n) is 4.86. The average molecular weight is 377 g/mol. The quantitative estimate of drug-likeness (QED) is 0.858. The molecule has 7 nitrogen and oxygen atoms in total. The van der Waals surface area contributed by atoms with Crippen LogP contribution < -0.4 is 5.32 Å². The highest BCUT2D eigenvalue weighted by Crippen LogP contribution is 2.31. The van der Waals surface area contributed by atoms with Crippen molar-refractivity contribution in [2.24, 2.45) is 12.5 Å². The minimum atomic E-state index is -0.906. The summed E-state index contributed by atoms with van der Waals surface area (Å²) in [4.78, 5) is 30.1. The molecule has 1 aromatic carbocycles. The summed E-state index contributed by atoms with van der Waals surface area (Å²) < 4.78 is 1.84. The number of nitrogens with one attached hydrogen (secondary N) is 1. The molecule has 1 aliphatic heterocycles. The molecule has 2 amide bonds. The Kier molecular flexibility index (Phi) is 4.91. The van der Waals surface area contributed by atoms with E-state index in [2.05, 4.69) is 10.3 Å². The summed E-state index contributed by atoms with van der Waals surface area (Å²) >= 11 is 5.97. The number of hydrogen-bond donors (Lipinski definition) is 2. The van der Waals surface area contributed by atoms with Gasteiger partial charge in [-0.1, -0.05) is 23.7 Å². The standard InChI is InChI=1S/C18H21ClN4O3/c1-18(16(24)25)7-9-23(11-18)17(26)21-14(15-20-8-10-22(15)2)12-3-5-13(19)6-4-12/h3-6,8,10,14H,7,9,11H2,1-2H3,(H,21,26)(H,24,25). The van der Waals surface area contributed by atoms with Gasteiger partial charge in [0, 0.05) is 37.6 Å². The second kappa shape index (κ2) is 6.99. The highest BCUT2D eigenvalue weighted by molar-refractivity contribution is 6.30. The number of aromatic nitrogens is 2. The first-order valence-electron chi connectivity index (χ1n) is 8.32. The van der Waals surface area contributed by atoms with Crippen LogP contribution in [0.2, 0.25) is 5.02 Å². The maximum Gasteiger partial charge on any atom is 0.318 e. The fourth-order valence-corrected chi connectivity index (χ4v) is 3.26. The summed E-state index contributed by atoms with van der Waals surface area (Å²) in [5, 5.41) is 12.9. The molecule has 0 radical (unpaired) electrons. The maximum absolute atomic E-state index is 12.8. The van der Waals surface area contributed by atoms with Gasteiger partial charge in [0.25, 0.3) is 0 Å². The molecule has 0 bridgehead atoms. The summed E-state index contributed by atoms with van der Waals surface area (Å²) in [7, 11) is 1.86. The Morgan fingerprint density at radius 3 is 2.58 bits per heavy atom. The molecule has 1 aromatic heterocycles. The van der Waals surface area contributed by atoms with Crippen LogP contribution in [0.15, 0.2) is 36.7 Å². The van der Waals surface area contributed by atoms with Crippen molar-refractivity contribution in [3.63, 3.8) is 0 Å². The Morgan fingerprint density at radius 2 is 2.04 bits per heavy atom. The third-order valence-corrected chi connectivity index (χ3v) is 5.12. The van der Waals surface area contributed by atoms with E-state index < -0.39 is 17.4 Å². The smallest absolute Gasteiger partial charge is 0.318 e. The van der Waals surface area contributed by atoms with E-state index in [-0.39, 0.29) is 12.6 Å². The van der Waals surface area contributed by atoms with Crippen LogP contribution in [0.5, 0.6) is 0 Å². The number of urea groups is 1. The molecule has 138 valence electrons. The third kappa shape index (κ3) is 3.53. The molecule has 1 saturated heterocycles. The molecule has 26 heavy (non-hydrogen) atoms. The number of hydrogen-bond acceptors (Lipinski definition) is 3. The summed E-state index contributed by atoms with van der Waals surface area (Å²) in [5.74, 6) is -0.202. The molecule has 2 aromatic rings. The minimum Gasteiger partial charge on any atom is -0.481 e. The maximum atomic E-state index is 12.8. The van der Waals surface area contributed by atoms with Gasteiger partial charge >= 0.3 is 12.0 Å². The zero-order valence-electron chi connectivity index (χ0n) is 14.6. The number of aryl methyl sites for hydroxylation is 1. The summed E-state index contributed by atoms with van der Waals surface area (Å²) in [6, 6.07) is 6.43. The van der Waals surface area contributed by atoms with E-state index in [1.54, 1.807) is 30.2 Å². The van der Waals surface area contributed by atoms with Gasteiger partial charge in [0.05, 0.1) is 5.41 Å². The first-order chi connectivity index (χ1) is 12.3. The molecule has 1 aliphatic rings. The molecular weight excluding hydrogens is 356 g/mol. The second-order valence-electron chi connectivity index (χ2n) is 6.87. The van der Waals surface area contributed by atoms with Gasteiger partial charge in [0.1, 0.15) is 11.9 Å². The van der Waals surface area contributed by atoms with Crippen molar-refractivity contribution in [2.45, 2.75) is 19.4 Å². The van der Waals surface area contributed by atoms with E-state index >= 15 is 0 Å². The van der Waals surface area contributed by atoms with Gasteiger partial charge < -0.3 is 19.9 Å². The van der Waals surface area contributed by atoms with Crippen molar-refractivity contribution in [1.29, 1.82) is 0 Å². The first-order valence-corrected chi connectivity index (χ1v) is 8.69. The topological polar surface area (TPSA) is 87.5 Å². The van der Waals surface area contributed by atoms with E-state index in [4.69, 9.17) is 11.6 Å². The van der Waals surface area contributed by atoms with Crippen molar-refractivity contribution in [1.82, 2.24) is 19.8 Å². The number of aliphatic carboxylic acids is 1. The Hall–Kier alpha value is -2.54. The fourth-order valence-electron chi connectivity index (χ4n) is 3.13. The number of nitrogens with zero attached hydrogens (tertiary/aromatic N) is 3. The Labute approximate surface area is 156 Å². The molecule has 0 spiro atoms. The van der Waals surface area contributed by atoms with Crippen molar-refractivity contribution in [3.05, 3.63) is 53.1 Å². The number of carboxylic acids is 1. The summed E-state index contributed by atoms with van der Waals surface area (Å²) in [6.07, 6.45) is 3.91. The Balaban J connectivity index is 1.83. The largest absolute Gasteiger partial charge is 0.481 e. The number of halogens is 1. The van der Waals surface area contributed by atoms with Gasteiger partial charge in [0.2, 0.25) is 0 Å². The Morgan fingerprint density at radius 1 is 1.35 bits per heavy atom. The lowest BCUT2D eigenvalue weighted by Crippen LogP contribution is -2.43. The van der Waals surface area contributed by atoms with E-state index in [0.29, 0.717) is 23.8 Å². The van der Waals surface area contributed by atoms with Crippen LogP contribution in [0.1, 0.15) is 30.8 Å². The predicted molar refractivity (Wildman–Crippen MR) is 97.0 cm³/mol. The number of carbonyl (C=O) groups is 2. The van der Waals surface area contributed by atoms with Gasteiger partial charge in [-0.2, -0.15) is 0 Å². The van der Waals surface area contributed by atoms with Crippen LogP contribution >= 0.6 is 11.6 Å². The van der Waals surface area contributed by atoms with Gasteiger partial charge in [-0.3, -0.25) is 4.79 Å². The number of amides is 2. The van der Waals surface area contributed by atoms with Crippen LogP contribution in [0.3, 0.4) is 0 Å². The number of carbonyl (C=O) groups excluding carboxylic acids is 1. The first kappa shape index (κ1) is 18.3. The molecular formula is C18H21ClN4O3. The van der Waals surface area contributed by atoms with Gasteiger partial charge in [-0.25, -0.2) is 9.78 Å². The number of imidazole rings is 1. The molecule has 1 fully saturated rings. The Bertz CT molecular complexity index is 820. The summed E-state index contributed by atoms with van der Waals surface area (Å²) in [6.45, 7) is 2.25. The molecule has 2 unspecified atom stereocenters. The molecule has 2 N–H and O–H groups in total. The van der Waals surface area contributed by atoms with Crippen LogP contribution in [0.25, 0.3) is 0 Å². The van der Waals surface area contributed by atoms with Crippen LogP contribution in [-0.4, -0.2) is 44.6 Å². The van der Waals surface area contributed by atoms with E-state index in [1.807, 2.05) is 29.9 Å².